The summed E-state index contributed by atoms with van der Waals surface area (Å²) in [6.07, 6.45) is 3.12. The maximum Gasteiger partial charge on any atom is 0.242 e. The third-order valence-corrected chi connectivity index (χ3v) is 3.82. The molecule has 0 spiro atoms. The molecule has 2 aliphatic rings. The van der Waals surface area contributed by atoms with Crippen LogP contribution in [0.3, 0.4) is 0 Å². The summed E-state index contributed by atoms with van der Waals surface area (Å²) < 4.78 is 0. The molecule has 0 aromatic rings. The molecule has 3 N–H and O–H groups in total. The summed E-state index contributed by atoms with van der Waals surface area (Å²) in [5.41, 5.74) is 5.42. The van der Waals surface area contributed by atoms with Gasteiger partial charge in [-0.3, -0.25) is 4.79 Å². The lowest BCUT2D eigenvalue weighted by Crippen LogP contribution is -2.61. The van der Waals surface area contributed by atoms with E-state index in [-0.39, 0.29) is 17.9 Å². The number of rotatable bonds is 1. The number of carbonyl (C=O) groups is 1. The second-order valence-electron chi connectivity index (χ2n) is 5.09. The number of likely N-dealkylation sites (tertiary alicyclic amines) is 1. The zero-order valence-corrected chi connectivity index (χ0v) is 9.28. The summed E-state index contributed by atoms with van der Waals surface area (Å²) in [7, 11) is 0. The van der Waals surface area contributed by atoms with Gasteiger partial charge in [0, 0.05) is 13.1 Å². The highest BCUT2D eigenvalue weighted by atomic mass is 16.3. The van der Waals surface area contributed by atoms with E-state index >= 15 is 0 Å². The van der Waals surface area contributed by atoms with E-state index in [9.17, 15) is 9.90 Å². The second-order valence-corrected chi connectivity index (χ2v) is 5.09. The first-order valence-corrected chi connectivity index (χ1v) is 5.79. The minimum atomic E-state index is -0.581. The van der Waals surface area contributed by atoms with Crippen molar-refractivity contribution in [2.24, 2.45) is 11.7 Å². The summed E-state index contributed by atoms with van der Waals surface area (Å²) in [5.74, 6) is 0.263. The van der Waals surface area contributed by atoms with Crippen LogP contribution in [0.25, 0.3) is 0 Å². The van der Waals surface area contributed by atoms with Crippen molar-refractivity contribution >= 4 is 5.91 Å². The van der Waals surface area contributed by atoms with Crippen LogP contribution in [-0.2, 0) is 4.79 Å². The molecule has 1 saturated carbocycles. The third-order valence-electron chi connectivity index (χ3n) is 3.82. The molecule has 1 aliphatic heterocycles. The quantitative estimate of drug-likeness (QED) is 0.647. The average Bonchev–Trinajstić information content (AvgIpc) is 2.17. The van der Waals surface area contributed by atoms with Gasteiger partial charge in [-0.05, 0) is 31.6 Å². The standard InChI is InChI=1S/C11H20N2O2/c1-8-7-13(6-3-9(8)14)10(15)11(12)4-2-5-11/h8-9,14H,2-7,12H2,1H3. The van der Waals surface area contributed by atoms with Gasteiger partial charge in [-0.15, -0.1) is 0 Å². The van der Waals surface area contributed by atoms with Gasteiger partial charge >= 0.3 is 0 Å². The van der Waals surface area contributed by atoms with Crippen LogP contribution in [0.2, 0.25) is 0 Å². The van der Waals surface area contributed by atoms with Gasteiger partial charge in [-0.1, -0.05) is 6.92 Å². The SMILES string of the molecule is CC1CN(C(=O)C2(N)CCC2)CCC1O. The fraction of sp³-hybridized carbons (Fsp3) is 0.909. The summed E-state index contributed by atoms with van der Waals surface area (Å²) in [6, 6.07) is 0. The molecule has 0 aromatic carbocycles. The fourth-order valence-corrected chi connectivity index (χ4v) is 2.40. The molecule has 0 bridgehead atoms. The van der Waals surface area contributed by atoms with E-state index in [1.165, 1.54) is 0 Å². The Hall–Kier alpha value is -0.610. The van der Waals surface area contributed by atoms with E-state index in [2.05, 4.69) is 0 Å². The predicted octanol–water partition coefficient (Wildman–Crippen LogP) is 0.0971. The summed E-state index contributed by atoms with van der Waals surface area (Å²) >= 11 is 0. The number of aliphatic hydroxyl groups is 1. The highest BCUT2D eigenvalue weighted by molar-refractivity contribution is 5.87. The normalized spacial score (nSPS) is 34.7. The van der Waals surface area contributed by atoms with Crippen molar-refractivity contribution in [2.45, 2.75) is 44.2 Å². The molecule has 2 fully saturated rings. The average molecular weight is 212 g/mol. The minimum Gasteiger partial charge on any atom is -0.393 e. The van der Waals surface area contributed by atoms with Crippen LogP contribution in [0, 0.1) is 5.92 Å². The van der Waals surface area contributed by atoms with Crippen LogP contribution < -0.4 is 5.73 Å². The van der Waals surface area contributed by atoms with E-state index in [1.807, 2.05) is 11.8 Å². The first kappa shape index (κ1) is 10.9. The van der Waals surface area contributed by atoms with E-state index in [0.29, 0.717) is 19.5 Å². The van der Waals surface area contributed by atoms with Crippen molar-refractivity contribution in [2.75, 3.05) is 13.1 Å². The van der Waals surface area contributed by atoms with Crippen LogP contribution in [0.1, 0.15) is 32.6 Å². The molecule has 15 heavy (non-hydrogen) atoms. The molecule has 1 heterocycles. The fourth-order valence-electron chi connectivity index (χ4n) is 2.40. The van der Waals surface area contributed by atoms with Gasteiger partial charge in [0.05, 0.1) is 11.6 Å². The molecular formula is C11H20N2O2. The van der Waals surface area contributed by atoms with Crippen molar-refractivity contribution in [1.82, 2.24) is 4.90 Å². The van der Waals surface area contributed by atoms with E-state index in [4.69, 9.17) is 5.73 Å². The molecular weight excluding hydrogens is 192 g/mol. The molecule has 4 nitrogen and oxygen atoms in total. The Morgan fingerprint density at radius 1 is 1.53 bits per heavy atom. The van der Waals surface area contributed by atoms with Crippen molar-refractivity contribution in [3.05, 3.63) is 0 Å². The Morgan fingerprint density at radius 3 is 2.67 bits per heavy atom. The minimum absolute atomic E-state index is 0.0903. The van der Waals surface area contributed by atoms with Crippen molar-refractivity contribution in [3.8, 4) is 0 Å². The van der Waals surface area contributed by atoms with Crippen LogP contribution in [0.15, 0.2) is 0 Å². The highest BCUT2D eigenvalue weighted by Crippen LogP contribution is 2.32. The number of piperidine rings is 1. The van der Waals surface area contributed by atoms with Gasteiger partial charge in [-0.2, -0.15) is 0 Å². The first-order chi connectivity index (χ1) is 7.03. The van der Waals surface area contributed by atoms with Gasteiger partial charge in [0.1, 0.15) is 0 Å². The maximum atomic E-state index is 12.1. The number of hydrogen-bond acceptors (Lipinski definition) is 3. The lowest BCUT2D eigenvalue weighted by atomic mass is 9.76. The van der Waals surface area contributed by atoms with Crippen LogP contribution >= 0.6 is 0 Å². The van der Waals surface area contributed by atoms with Crippen molar-refractivity contribution in [1.29, 1.82) is 0 Å². The van der Waals surface area contributed by atoms with Crippen LogP contribution in [-0.4, -0.2) is 40.6 Å². The molecule has 4 heteroatoms. The van der Waals surface area contributed by atoms with Crippen molar-refractivity contribution in [3.63, 3.8) is 0 Å². The lowest BCUT2D eigenvalue weighted by Gasteiger charge is -2.43. The number of carbonyl (C=O) groups excluding carboxylic acids is 1. The Labute approximate surface area is 90.4 Å². The second kappa shape index (κ2) is 3.76. The van der Waals surface area contributed by atoms with Crippen LogP contribution in [0.4, 0.5) is 0 Å². The topological polar surface area (TPSA) is 66.6 Å². The lowest BCUT2D eigenvalue weighted by molar-refractivity contribution is -0.143. The van der Waals surface area contributed by atoms with Gasteiger partial charge < -0.3 is 15.7 Å². The zero-order valence-electron chi connectivity index (χ0n) is 9.28. The Bertz CT molecular complexity index is 263. The Kier molecular flexibility index (Phi) is 2.73. The highest BCUT2D eigenvalue weighted by Gasteiger charge is 2.43. The van der Waals surface area contributed by atoms with Gasteiger partial charge in [-0.25, -0.2) is 0 Å². The number of nitrogens with two attached hydrogens (primary N) is 1. The van der Waals surface area contributed by atoms with Gasteiger partial charge in [0.2, 0.25) is 5.91 Å². The summed E-state index contributed by atoms with van der Waals surface area (Å²) in [6.45, 7) is 3.29. The van der Waals surface area contributed by atoms with Crippen LogP contribution in [0.5, 0.6) is 0 Å². The molecule has 86 valence electrons. The number of amides is 1. The molecule has 0 aromatic heterocycles. The smallest absolute Gasteiger partial charge is 0.242 e. The summed E-state index contributed by atoms with van der Waals surface area (Å²) in [5, 5.41) is 9.58. The molecule has 1 amide bonds. The molecule has 0 radical (unpaired) electrons. The number of hydrogen-bond donors (Lipinski definition) is 2. The molecule has 1 aliphatic carbocycles. The molecule has 2 unspecified atom stereocenters. The molecule has 2 atom stereocenters. The number of aliphatic hydroxyl groups excluding tert-OH is 1. The monoisotopic (exact) mass is 212 g/mol. The maximum absolute atomic E-state index is 12.1. The predicted molar refractivity (Wildman–Crippen MR) is 57.1 cm³/mol. The van der Waals surface area contributed by atoms with E-state index < -0.39 is 5.54 Å². The van der Waals surface area contributed by atoms with Gasteiger partial charge in [0.25, 0.3) is 0 Å². The van der Waals surface area contributed by atoms with Gasteiger partial charge in [0.15, 0.2) is 0 Å². The third kappa shape index (κ3) is 1.88. The van der Waals surface area contributed by atoms with E-state index in [0.717, 1.165) is 19.3 Å². The molecule has 2 rings (SSSR count). The Balaban J connectivity index is 1.97. The Morgan fingerprint density at radius 2 is 2.20 bits per heavy atom. The number of nitrogens with zero attached hydrogens (tertiary/aromatic N) is 1. The molecule has 1 saturated heterocycles. The first-order valence-electron chi connectivity index (χ1n) is 5.79. The van der Waals surface area contributed by atoms with Crippen molar-refractivity contribution < 1.29 is 9.90 Å². The van der Waals surface area contributed by atoms with E-state index in [1.54, 1.807) is 0 Å². The summed E-state index contributed by atoms with van der Waals surface area (Å²) in [4.78, 5) is 13.9. The zero-order chi connectivity index (χ0) is 11.1. The largest absolute Gasteiger partial charge is 0.393 e.